The van der Waals surface area contributed by atoms with Crippen molar-refractivity contribution in [2.75, 3.05) is 0 Å². The van der Waals surface area contributed by atoms with Crippen molar-refractivity contribution in [2.45, 2.75) is 0 Å². The fourth-order valence-electron chi connectivity index (χ4n) is 16.1. The molecule has 0 bridgehead atoms. The van der Waals surface area contributed by atoms with Gasteiger partial charge in [0.25, 0.3) is 0 Å². The molecule has 17 aromatic carbocycles. The molecule has 0 N–H and O–H groups in total. The zero-order valence-electron chi connectivity index (χ0n) is 60.9. The number of benzene rings is 17. The largest absolute Gasteiger partial charge is 0.264 e. The molecule has 0 saturated carbocycles. The molecule has 6 nitrogen and oxygen atoms in total. The molecule has 0 radical (unpaired) electrons. The summed E-state index contributed by atoms with van der Waals surface area (Å²) in [5.74, 6) is 1.36. The van der Waals surface area contributed by atoms with Crippen LogP contribution in [-0.2, 0) is 0 Å². The van der Waals surface area contributed by atoms with Gasteiger partial charge in [-0.15, -0.1) is 0 Å². The molecule has 112 heavy (non-hydrogen) atoms. The van der Waals surface area contributed by atoms with E-state index in [0.717, 1.165) is 101 Å². The number of fused-ring (bicyclic) bond motifs is 10. The molecule has 4 heterocycles. The van der Waals surface area contributed by atoms with E-state index >= 15 is 0 Å². The average Bonchev–Trinajstić information content (AvgIpc) is 0.767. The molecule has 0 unspecified atom stereocenters. The molecule has 0 saturated heterocycles. The summed E-state index contributed by atoms with van der Waals surface area (Å²) in [6.07, 6.45) is 7.39. The van der Waals surface area contributed by atoms with Crippen LogP contribution in [-0.4, -0.2) is 29.9 Å². The van der Waals surface area contributed by atoms with Crippen LogP contribution in [0, 0.1) is 0 Å². The maximum Gasteiger partial charge on any atom is 0.160 e. The molecule has 0 amide bonds. The van der Waals surface area contributed by atoms with Crippen LogP contribution in [0.25, 0.3) is 210 Å². The van der Waals surface area contributed by atoms with Crippen LogP contribution in [0.1, 0.15) is 0 Å². The Morgan fingerprint density at radius 2 is 0.438 bits per heavy atom. The molecule has 4 aromatic heterocycles. The van der Waals surface area contributed by atoms with E-state index in [1.165, 1.54) is 97.7 Å². The van der Waals surface area contributed by atoms with E-state index in [1.807, 2.05) is 24.5 Å². The number of hydrogen-bond donors (Lipinski definition) is 0. The van der Waals surface area contributed by atoms with Crippen molar-refractivity contribution in [1.29, 1.82) is 0 Å². The van der Waals surface area contributed by atoms with Gasteiger partial charge in [-0.3, -0.25) is 9.97 Å². The van der Waals surface area contributed by atoms with E-state index in [4.69, 9.17) is 19.9 Å². The molecule has 522 valence electrons. The van der Waals surface area contributed by atoms with Gasteiger partial charge in [-0.05, 0) is 209 Å². The monoisotopic (exact) mass is 1420 g/mol. The predicted octanol–water partition coefficient (Wildman–Crippen LogP) is 27.8. The quantitative estimate of drug-likeness (QED) is 0.113. The lowest BCUT2D eigenvalue weighted by atomic mass is 9.92. The molecule has 21 aromatic rings. The van der Waals surface area contributed by atoms with Crippen LogP contribution in [0.2, 0.25) is 0 Å². The molecule has 0 aliphatic heterocycles. The third kappa shape index (κ3) is 12.9. The zero-order valence-corrected chi connectivity index (χ0v) is 60.9. The predicted molar refractivity (Wildman–Crippen MR) is 467 cm³/mol. The first kappa shape index (κ1) is 66.5. The zero-order chi connectivity index (χ0) is 74.3. The van der Waals surface area contributed by atoms with Crippen LogP contribution >= 0.6 is 0 Å². The molecular weight excluding hydrogens is 1360 g/mol. The van der Waals surface area contributed by atoms with Gasteiger partial charge in [0.15, 0.2) is 11.6 Å². The maximum absolute atomic E-state index is 5.34. The number of nitrogens with zero attached hydrogens (tertiary/aromatic N) is 6. The Morgan fingerprint density at radius 3 is 0.866 bits per heavy atom. The summed E-state index contributed by atoms with van der Waals surface area (Å²) in [5.41, 5.74) is 23.2. The van der Waals surface area contributed by atoms with Crippen LogP contribution in [0.4, 0.5) is 0 Å². The number of rotatable bonds is 12. The second-order valence-electron chi connectivity index (χ2n) is 28.5. The van der Waals surface area contributed by atoms with Crippen LogP contribution in [0.3, 0.4) is 0 Å². The lowest BCUT2D eigenvalue weighted by Crippen LogP contribution is -1.97. The van der Waals surface area contributed by atoms with Crippen molar-refractivity contribution in [1.82, 2.24) is 29.9 Å². The van der Waals surface area contributed by atoms with Gasteiger partial charge in [-0.1, -0.05) is 322 Å². The smallest absolute Gasteiger partial charge is 0.160 e. The first-order chi connectivity index (χ1) is 55.5. The highest BCUT2D eigenvalue weighted by Crippen LogP contribution is 2.42. The number of aromatic nitrogens is 6. The van der Waals surface area contributed by atoms with Crippen molar-refractivity contribution in [3.8, 4) is 135 Å². The first-order valence-electron chi connectivity index (χ1n) is 37.9. The summed E-state index contributed by atoms with van der Waals surface area (Å²) in [6.45, 7) is 0. The van der Waals surface area contributed by atoms with E-state index < -0.39 is 0 Å². The average molecular weight is 1430 g/mol. The Balaban J connectivity index is 0.000000146. The Morgan fingerprint density at radius 1 is 0.143 bits per heavy atom. The van der Waals surface area contributed by atoms with E-state index in [0.29, 0.717) is 11.6 Å². The van der Waals surface area contributed by atoms with Crippen LogP contribution < -0.4 is 0 Å². The van der Waals surface area contributed by atoms with E-state index in [-0.39, 0.29) is 0 Å². The molecule has 6 heteroatoms. The van der Waals surface area contributed by atoms with Crippen molar-refractivity contribution >= 4 is 75.4 Å². The van der Waals surface area contributed by atoms with Crippen molar-refractivity contribution < 1.29 is 0 Å². The Labute approximate surface area is 648 Å². The first-order valence-corrected chi connectivity index (χ1v) is 37.9. The number of pyridine rings is 2. The molecule has 21 rings (SSSR count). The fourth-order valence-corrected chi connectivity index (χ4v) is 16.1. The molecule has 0 fully saturated rings. The van der Waals surface area contributed by atoms with Crippen LogP contribution in [0.5, 0.6) is 0 Å². The van der Waals surface area contributed by atoms with Gasteiger partial charge in [0.1, 0.15) is 0 Å². The summed E-state index contributed by atoms with van der Waals surface area (Å²) in [7, 11) is 0. The van der Waals surface area contributed by atoms with Gasteiger partial charge in [0.05, 0.1) is 22.8 Å². The molecule has 0 aliphatic carbocycles. The minimum Gasteiger partial charge on any atom is -0.264 e. The highest BCUT2D eigenvalue weighted by Gasteiger charge is 2.19. The van der Waals surface area contributed by atoms with Crippen molar-refractivity contribution in [3.05, 3.63) is 413 Å². The van der Waals surface area contributed by atoms with Gasteiger partial charge in [-0.2, -0.15) is 0 Å². The van der Waals surface area contributed by atoms with Crippen molar-refractivity contribution in [2.24, 2.45) is 0 Å². The standard InChI is InChI=1S/C55H35N3.C51H33N3/c1-3-19-45-40(12-1)32-51(49-23-7-5-21-47(45)49)38-14-9-16-42(30-38)54-34-53(37-27-25-36(26-28-37)44-18-11-29-56-35-44)57-55(58-54)43-17-10-15-39(31-43)52-33-41-13-2-4-20-46(41)48-22-6-8-24-50(48)52;1-2-10-39-29-41(27-20-34(39)9-1)40-12-7-13-43(30-40)51-53-49(37-23-18-35(19-24-37)44-14-8-28-52-33-44)32-50(54-51)38-25-21-36(22-26-38)48-31-42-11-3-4-15-45(42)46-16-5-6-17-47(46)48/h1-35H;1-33H. The highest BCUT2D eigenvalue weighted by molar-refractivity contribution is 6.16. The SMILES string of the molecule is c1cncc(-c2ccc(-c3cc(-c4ccc(-c5cc6ccccc6c6ccccc56)cc4)nc(-c4cccc(-c5ccc6ccccc6c5)c4)n3)cc2)c1.c1cncc(-c2ccc(-c3cc(-c4cccc(-c5cc6ccccc6c6ccccc56)c4)nc(-c4cccc(-c5cc6ccccc6c6ccccc56)c4)n3)cc2)c1. The highest BCUT2D eigenvalue weighted by atomic mass is 14.9. The normalized spacial score (nSPS) is 11.4. The van der Waals surface area contributed by atoms with Gasteiger partial charge >= 0.3 is 0 Å². The third-order valence-corrected chi connectivity index (χ3v) is 21.7. The molecule has 0 spiro atoms. The molecular formula is C106H68N6. The molecule has 0 aliphatic rings. The van der Waals surface area contributed by atoms with Gasteiger partial charge in [0, 0.05) is 58.2 Å². The number of hydrogen-bond acceptors (Lipinski definition) is 6. The Kier molecular flexibility index (Phi) is 17.2. The Bertz CT molecular complexity index is 6980. The van der Waals surface area contributed by atoms with E-state index in [1.54, 1.807) is 12.4 Å². The van der Waals surface area contributed by atoms with Gasteiger partial charge in [-0.25, -0.2) is 19.9 Å². The van der Waals surface area contributed by atoms with Crippen molar-refractivity contribution in [3.63, 3.8) is 0 Å². The van der Waals surface area contributed by atoms with Crippen LogP contribution in [0.15, 0.2) is 413 Å². The molecule has 0 atom stereocenters. The third-order valence-electron chi connectivity index (χ3n) is 21.7. The summed E-state index contributed by atoms with van der Waals surface area (Å²) in [6, 6.07) is 138. The topological polar surface area (TPSA) is 77.3 Å². The fraction of sp³-hybridized carbons (Fsp3) is 0. The lowest BCUT2D eigenvalue weighted by Gasteiger charge is -2.14. The summed E-state index contributed by atoms with van der Waals surface area (Å²) >= 11 is 0. The lowest BCUT2D eigenvalue weighted by molar-refractivity contribution is 1.18. The minimum atomic E-state index is 0.678. The summed E-state index contributed by atoms with van der Waals surface area (Å²) in [5, 5.41) is 17.4. The summed E-state index contributed by atoms with van der Waals surface area (Å²) in [4.78, 5) is 29.7. The van der Waals surface area contributed by atoms with E-state index in [9.17, 15) is 0 Å². The van der Waals surface area contributed by atoms with E-state index in [2.05, 4.69) is 386 Å². The second kappa shape index (κ2) is 29.0. The van der Waals surface area contributed by atoms with Gasteiger partial charge in [0.2, 0.25) is 0 Å². The second-order valence-corrected chi connectivity index (χ2v) is 28.5. The summed E-state index contributed by atoms with van der Waals surface area (Å²) < 4.78 is 0. The minimum absolute atomic E-state index is 0.678. The maximum atomic E-state index is 5.34. The Hall–Kier alpha value is -15.0. The van der Waals surface area contributed by atoms with Gasteiger partial charge < -0.3 is 0 Å².